The maximum absolute atomic E-state index is 10.1. The van der Waals surface area contributed by atoms with E-state index in [9.17, 15) is 5.11 Å². The van der Waals surface area contributed by atoms with E-state index >= 15 is 0 Å². The van der Waals surface area contributed by atoms with E-state index in [0.29, 0.717) is 12.6 Å². The molecule has 29 heavy (non-hydrogen) atoms. The van der Waals surface area contributed by atoms with Crippen molar-refractivity contribution >= 4 is 5.96 Å². The second kappa shape index (κ2) is 12.8. The lowest BCUT2D eigenvalue weighted by Crippen LogP contribution is -2.39. The van der Waals surface area contributed by atoms with Gasteiger partial charge in [0.05, 0.1) is 33.0 Å². The third-order valence-corrected chi connectivity index (χ3v) is 4.40. The minimum atomic E-state index is -0.643. The smallest absolute Gasteiger partial charge is 0.191 e. The molecule has 6 heteroatoms. The Hall–Kier alpha value is -2.57. The Bertz CT molecular complexity index is 750. The molecule has 1 atom stereocenters. The third-order valence-electron chi connectivity index (χ3n) is 4.40. The molecule has 0 aliphatic rings. The van der Waals surface area contributed by atoms with E-state index in [1.54, 1.807) is 7.11 Å². The van der Waals surface area contributed by atoms with Gasteiger partial charge in [-0.1, -0.05) is 42.5 Å². The van der Waals surface area contributed by atoms with Crippen LogP contribution < -0.4 is 15.4 Å². The van der Waals surface area contributed by atoms with Gasteiger partial charge in [0.25, 0.3) is 0 Å². The highest BCUT2D eigenvalue weighted by Gasteiger charge is 2.06. The molecule has 0 spiro atoms. The maximum Gasteiger partial charge on any atom is 0.191 e. The number of aliphatic hydroxyl groups excluding tert-OH is 1. The fraction of sp³-hybridized carbons (Fsp3) is 0.435. The summed E-state index contributed by atoms with van der Waals surface area (Å²) in [5.41, 5.74) is 3.42. The van der Waals surface area contributed by atoms with Gasteiger partial charge in [-0.3, -0.25) is 4.99 Å². The molecule has 2 aromatic rings. The number of ether oxygens (including phenoxy) is 2. The Balaban J connectivity index is 1.75. The number of guanidine groups is 1. The Kier molecular flexibility index (Phi) is 10.0. The molecule has 0 fully saturated rings. The molecule has 0 bridgehead atoms. The zero-order chi connectivity index (χ0) is 20.9. The van der Waals surface area contributed by atoms with E-state index in [0.717, 1.165) is 36.4 Å². The predicted octanol–water partition coefficient (Wildman–Crippen LogP) is 2.68. The highest BCUT2D eigenvalue weighted by molar-refractivity contribution is 5.79. The topological polar surface area (TPSA) is 75.1 Å². The molecule has 0 aromatic heterocycles. The average Bonchev–Trinajstić information content (AvgIpc) is 2.74. The number of aliphatic hydroxyl groups is 1. The Morgan fingerprint density at radius 1 is 1.10 bits per heavy atom. The summed E-state index contributed by atoms with van der Waals surface area (Å²) in [6.45, 7) is 6.56. The van der Waals surface area contributed by atoms with Gasteiger partial charge in [-0.15, -0.1) is 0 Å². The maximum atomic E-state index is 10.1. The first-order chi connectivity index (χ1) is 14.1. The molecule has 0 radical (unpaired) electrons. The quantitative estimate of drug-likeness (QED) is 0.400. The van der Waals surface area contributed by atoms with Gasteiger partial charge in [0.15, 0.2) is 5.96 Å². The summed E-state index contributed by atoms with van der Waals surface area (Å²) in [4.78, 5) is 4.46. The second-order valence-electron chi connectivity index (χ2n) is 6.85. The van der Waals surface area contributed by atoms with Crippen LogP contribution in [0.25, 0.3) is 0 Å². The average molecular weight is 400 g/mol. The molecule has 0 aliphatic carbocycles. The standard InChI is InChI=1S/C23H33N3O3/c1-4-24-23(25-13-12-19-11-10-18(2)22(14-19)28-3)26-15-21(27)17-29-16-20-8-6-5-7-9-20/h5-11,14,21,27H,4,12-13,15-17H2,1-3H3,(H2,24,25,26). The van der Waals surface area contributed by atoms with Crippen LogP contribution in [-0.2, 0) is 17.8 Å². The summed E-state index contributed by atoms with van der Waals surface area (Å²) < 4.78 is 11.0. The lowest BCUT2D eigenvalue weighted by Gasteiger charge is -2.14. The lowest BCUT2D eigenvalue weighted by molar-refractivity contribution is 0.0331. The van der Waals surface area contributed by atoms with Crippen LogP contribution in [0.15, 0.2) is 53.5 Å². The first kappa shape index (κ1) is 22.7. The molecule has 0 saturated carbocycles. The fourth-order valence-electron chi connectivity index (χ4n) is 2.82. The molecule has 1 unspecified atom stereocenters. The van der Waals surface area contributed by atoms with Gasteiger partial charge in [-0.05, 0) is 43.0 Å². The van der Waals surface area contributed by atoms with Crippen LogP contribution >= 0.6 is 0 Å². The number of methoxy groups -OCH3 is 1. The number of rotatable bonds is 11. The summed E-state index contributed by atoms with van der Waals surface area (Å²) >= 11 is 0. The highest BCUT2D eigenvalue weighted by Crippen LogP contribution is 2.18. The van der Waals surface area contributed by atoms with Crippen LogP contribution in [0.3, 0.4) is 0 Å². The summed E-state index contributed by atoms with van der Waals surface area (Å²) in [5, 5.41) is 16.6. The van der Waals surface area contributed by atoms with E-state index in [2.05, 4.69) is 33.8 Å². The number of aryl methyl sites for hydroxylation is 1. The zero-order valence-electron chi connectivity index (χ0n) is 17.6. The lowest BCUT2D eigenvalue weighted by atomic mass is 10.1. The third kappa shape index (κ3) is 8.54. The minimum absolute atomic E-state index is 0.251. The van der Waals surface area contributed by atoms with Crippen molar-refractivity contribution in [3.05, 3.63) is 65.2 Å². The van der Waals surface area contributed by atoms with Crippen LogP contribution in [0.2, 0.25) is 0 Å². The van der Waals surface area contributed by atoms with Crippen molar-refractivity contribution in [2.45, 2.75) is 33.0 Å². The number of nitrogens with one attached hydrogen (secondary N) is 2. The monoisotopic (exact) mass is 399 g/mol. The molecule has 0 saturated heterocycles. The molecular formula is C23H33N3O3. The number of aliphatic imine (C=N–C) groups is 1. The molecule has 3 N–H and O–H groups in total. The van der Waals surface area contributed by atoms with E-state index in [-0.39, 0.29) is 13.2 Å². The largest absolute Gasteiger partial charge is 0.496 e. The molecule has 6 nitrogen and oxygen atoms in total. The van der Waals surface area contributed by atoms with Crippen molar-refractivity contribution < 1.29 is 14.6 Å². The van der Waals surface area contributed by atoms with E-state index in [1.165, 1.54) is 5.56 Å². The Morgan fingerprint density at radius 2 is 1.90 bits per heavy atom. The van der Waals surface area contributed by atoms with Crippen LogP contribution in [-0.4, -0.2) is 50.5 Å². The van der Waals surface area contributed by atoms with Gasteiger partial charge in [-0.25, -0.2) is 0 Å². The summed E-state index contributed by atoms with van der Waals surface area (Å²) in [7, 11) is 1.69. The first-order valence-electron chi connectivity index (χ1n) is 10.1. The van der Waals surface area contributed by atoms with Gasteiger partial charge in [-0.2, -0.15) is 0 Å². The SMILES string of the molecule is CCNC(=NCC(O)COCc1ccccc1)NCCc1ccc(C)c(OC)c1. The number of hydrogen-bond donors (Lipinski definition) is 3. The predicted molar refractivity (Wildman–Crippen MR) is 118 cm³/mol. The number of nitrogens with zero attached hydrogens (tertiary/aromatic N) is 1. The molecule has 158 valence electrons. The van der Waals surface area contributed by atoms with E-state index in [1.807, 2.05) is 44.2 Å². The molecule has 0 aliphatic heterocycles. The van der Waals surface area contributed by atoms with Crippen molar-refractivity contribution in [2.75, 3.05) is 33.4 Å². The molecule has 0 amide bonds. The van der Waals surface area contributed by atoms with E-state index < -0.39 is 6.10 Å². The number of hydrogen-bond acceptors (Lipinski definition) is 4. The summed E-state index contributed by atoms with van der Waals surface area (Å²) in [5.74, 6) is 1.59. The Morgan fingerprint density at radius 3 is 2.62 bits per heavy atom. The molecular weight excluding hydrogens is 366 g/mol. The van der Waals surface area contributed by atoms with Gasteiger partial charge < -0.3 is 25.2 Å². The van der Waals surface area contributed by atoms with Gasteiger partial charge in [0.2, 0.25) is 0 Å². The van der Waals surface area contributed by atoms with Crippen molar-refractivity contribution in [3.8, 4) is 5.75 Å². The molecule has 2 rings (SSSR count). The second-order valence-corrected chi connectivity index (χ2v) is 6.85. The minimum Gasteiger partial charge on any atom is -0.496 e. The van der Waals surface area contributed by atoms with Crippen LogP contribution in [0, 0.1) is 6.92 Å². The first-order valence-corrected chi connectivity index (χ1v) is 10.1. The van der Waals surface area contributed by atoms with Crippen molar-refractivity contribution in [3.63, 3.8) is 0 Å². The zero-order valence-corrected chi connectivity index (χ0v) is 17.6. The van der Waals surface area contributed by atoms with Crippen LogP contribution in [0.5, 0.6) is 5.75 Å². The Labute approximate surface area is 174 Å². The van der Waals surface area contributed by atoms with Crippen LogP contribution in [0.1, 0.15) is 23.6 Å². The van der Waals surface area contributed by atoms with E-state index in [4.69, 9.17) is 9.47 Å². The number of benzene rings is 2. The van der Waals surface area contributed by atoms with Crippen LogP contribution in [0.4, 0.5) is 0 Å². The summed E-state index contributed by atoms with van der Waals surface area (Å²) in [6, 6.07) is 16.2. The van der Waals surface area contributed by atoms with Crippen molar-refractivity contribution in [1.29, 1.82) is 0 Å². The van der Waals surface area contributed by atoms with Crippen molar-refractivity contribution in [1.82, 2.24) is 10.6 Å². The molecule has 0 heterocycles. The fourth-order valence-corrected chi connectivity index (χ4v) is 2.82. The van der Waals surface area contributed by atoms with Crippen molar-refractivity contribution in [2.24, 2.45) is 4.99 Å². The van der Waals surface area contributed by atoms with Gasteiger partial charge in [0.1, 0.15) is 5.75 Å². The van der Waals surface area contributed by atoms with Gasteiger partial charge >= 0.3 is 0 Å². The summed E-state index contributed by atoms with van der Waals surface area (Å²) in [6.07, 6.45) is 0.208. The van der Waals surface area contributed by atoms with Gasteiger partial charge in [0, 0.05) is 13.1 Å². The molecule has 2 aromatic carbocycles. The highest BCUT2D eigenvalue weighted by atomic mass is 16.5. The normalized spacial score (nSPS) is 12.5.